The number of ether oxygens (including phenoxy) is 3. The first kappa shape index (κ1) is 13.8. The molecule has 2 saturated heterocycles. The van der Waals surface area contributed by atoms with Gasteiger partial charge in [0.2, 0.25) is 6.29 Å². The lowest BCUT2D eigenvalue weighted by Gasteiger charge is -2.24. The van der Waals surface area contributed by atoms with Gasteiger partial charge in [0.15, 0.2) is 0 Å². The smallest absolute Gasteiger partial charge is 0.313 e. The number of hydrogen-bond donors (Lipinski definition) is 0. The van der Waals surface area contributed by atoms with E-state index in [0.29, 0.717) is 6.61 Å². The van der Waals surface area contributed by atoms with Gasteiger partial charge in [-0.15, -0.1) is 0 Å². The minimum Gasteiger partial charge on any atom is -0.435 e. The van der Waals surface area contributed by atoms with Crippen LogP contribution >= 0.6 is 0 Å². The van der Waals surface area contributed by atoms with Gasteiger partial charge in [-0.05, 0) is 32.1 Å². The van der Waals surface area contributed by atoms with Crippen LogP contribution in [-0.4, -0.2) is 31.1 Å². The van der Waals surface area contributed by atoms with Gasteiger partial charge in [0.1, 0.15) is 0 Å². The van der Waals surface area contributed by atoms with Crippen molar-refractivity contribution in [3.63, 3.8) is 0 Å². The molecule has 2 aliphatic heterocycles. The summed E-state index contributed by atoms with van der Waals surface area (Å²) in [5.74, 6) is -0.241. The highest BCUT2D eigenvalue weighted by atomic mass is 16.7. The maximum absolute atomic E-state index is 12.2. The van der Waals surface area contributed by atoms with Gasteiger partial charge in [0, 0.05) is 6.42 Å². The molecule has 4 heteroatoms. The number of rotatable bonds is 4. The zero-order chi connectivity index (χ0) is 13.0. The van der Waals surface area contributed by atoms with Gasteiger partial charge in [-0.3, -0.25) is 4.79 Å². The standard InChI is InChI=1S/C14H24O4/c1-3-10-9-11(12(4-2)17-10)14(15)18-13-7-5-6-8-16-13/h10-13H,3-9H2,1-2H3. The molecule has 0 aromatic carbocycles. The second-order valence-corrected chi connectivity index (χ2v) is 5.19. The minimum absolute atomic E-state index is 0.0195. The van der Waals surface area contributed by atoms with E-state index in [9.17, 15) is 4.79 Å². The van der Waals surface area contributed by atoms with Gasteiger partial charge in [-0.25, -0.2) is 0 Å². The Kier molecular flexibility index (Phi) is 5.01. The summed E-state index contributed by atoms with van der Waals surface area (Å²) < 4.78 is 16.7. The Balaban J connectivity index is 1.86. The third-order valence-electron chi connectivity index (χ3n) is 3.88. The van der Waals surface area contributed by atoms with Crippen LogP contribution in [0.2, 0.25) is 0 Å². The normalized spacial score (nSPS) is 36.6. The summed E-state index contributed by atoms with van der Waals surface area (Å²) in [7, 11) is 0. The molecule has 4 nitrogen and oxygen atoms in total. The van der Waals surface area contributed by atoms with E-state index in [4.69, 9.17) is 14.2 Å². The molecule has 4 atom stereocenters. The van der Waals surface area contributed by atoms with Crippen LogP contribution in [-0.2, 0) is 19.0 Å². The Morgan fingerprint density at radius 2 is 2.11 bits per heavy atom. The second kappa shape index (κ2) is 6.53. The maximum Gasteiger partial charge on any atom is 0.313 e. The molecule has 0 radical (unpaired) electrons. The first-order chi connectivity index (χ1) is 8.74. The fourth-order valence-corrected chi connectivity index (χ4v) is 2.75. The fraction of sp³-hybridized carbons (Fsp3) is 0.929. The van der Waals surface area contributed by atoms with Crippen molar-refractivity contribution in [1.29, 1.82) is 0 Å². The molecule has 2 fully saturated rings. The van der Waals surface area contributed by atoms with Crippen LogP contribution in [0.3, 0.4) is 0 Å². The van der Waals surface area contributed by atoms with Crippen LogP contribution in [0.5, 0.6) is 0 Å². The Labute approximate surface area is 109 Å². The molecule has 0 aliphatic carbocycles. The van der Waals surface area contributed by atoms with E-state index in [1.54, 1.807) is 0 Å². The summed E-state index contributed by atoms with van der Waals surface area (Å²) in [6, 6.07) is 0. The minimum atomic E-state index is -0.329. The Morgan fingerprint density at radius 1 is 1.28 bits per heavy atom. The monoisotopic (exact) mass is 256 g/mol. The van der Waals surface area contributed by atoms with Crippen LogP contribution < -0.4 is 0 Å². The number of esters is 1. The fourth-order valence-electron chi connectivity index (χ4n) is 2.75. The molecule has 0 N–H and O–H groups in total. The predicted octanol–water partition coefficient (Wildman–Crippen LogP) is 2.65. The summed E-state index contributed by atoms with van der Waals surface area (Å²) in [5, 5.41) is 0. The predicted molar refractivity (Wildman–Crippen MR) is 67.0 cm³/mol. The Hall–Kier alpha value is -0.610. The highest BCUT2D eigenvalue weighted by Gasteiger charge is 2.39. The SMILES string of the molecule is CCC1CC(C(=O)OC2CCCCO2)C(CC)O1. The van der Waals surface area contributed by atoms with Gasteiger partial charge in [0.05, 0.1) is 24.7 Å². The molecule has 0 spiro atoms. The maximum atomic E-state index is 12.2. The van der Waals surface area contributed by atoms with Gasteiger partial charge in [-0.1, -0.05) is 13.8 Å². The lowest BCUT2D eigenvalue weighted by molar-refractivity contribution is -0.192. The van der Waals surface area contributed by atoms with Crippen molar-refractivity contribution < 1.29 is 19.0 Å². The second-order valence-electron chi connectivity index (χ2n) is 5.19. The summed E-state index contributed by atoms with van der Waals surface area (Å²) in [6.45, 7) is 4.85. The number of carbonyl (C=O) groups excluding carboxylic acids is 1. The molecule has 2 aliphatic rings. The van der Waals surface area contributed by atoms with E-state index in [2.05, 4.69) is 13.8 Å². The van der Waals surface area contributed by atoms with E-state index in [1.165, 1.54) is 0 Å². The van der Waals surface area contributed by atoms with Crippen molar-refractivity contribution in [3.05, 3.63) is 0 Å². The first-order valence-corrected chi connectivity index (χ1v) is 7.22. The van der Waals surface area contributed by atoms with Crippen LogP contribution in [0.15, 0.2) is 0 Å². The quantitative estimate of drug-likeness (QED) is 0.725. The molecule has 2 heterocycles. The average Bonchev–Trinajstić information content (AvgIpc) is 2.83. The molecule has 4 unspecified atom stereocenters. The van der Waals surface area contributed by atoms with Crippen LogP contribution in [0.25, 0.3) is 0 Å². The highest BCUT2D eigenvalue weighted by molar-refractivity contribution is 5.73. The first-order valence-electron chi connectivity index (χ1n) is 7.22. The summed E-state index contributed by atoms with van der Waals surface area (Å²) in [4.78, 5) is 12.2. The van der Waals surface area contributed by atoms with Crippen LogP contribution in [0.4, 0.5) is 0 Å². The van der Waals surface area contributed by atoms with Crippen LogP contribution in [0, 0.1) is 5.92 Å². The van der Waals surface area contributed by atoms with E-state index in [0.717, 1.165) is 38.5 Å². The van der Waals surface area contributed by atoms with E-state index in [-0.39, 0.29) is 30.4 Å². The van der Waals surface area contributed by atoms with Crippen molar-refractivity contribution in [1.82, 2.24) is 0 Å². The molecular formula is C14H24O4. The molecule has 18 heavy (non-hydrogen) atoms. The van der Waals surface area contributed by atoms with Crippen LogP contribution in [0.1, 0.15) is 52.4 Å². The zero-order valence-corrected chi connectivity index (χ0v) is 11.4. The summed E-state index contributed by atoms with van der Waals surface area (Å²) >= 11 is 0. The largest absolute Gasteiger partial charge is 0.435 e. The van der Waals surface area contributed by atoms with Gasteiger partial charge in [-0.2, -0.15) is 0 Å². The third kappa shape index (κ3) is 3.23. The summed E-state index contributed by atoms with van der Waals surface area (Å²) in [6.07, 6.45) is 5.48. The molecule has 0 bridgehead atoms. The van der Waals surface area contributed by atoms with Gasteiger partial charge >= 0.3 is 5.97 Å². The van der Waals surface area contributed by atoms with Crippen molar-refractivity contribution in [2.24, 2.45) is 5.92 Å². The lowest BCUT2D eigenvalue weighted by Crippen LogP contribution is -2.32. The molecule has 0 aromatic rings. The Bertz CT molecular complexity index is 273. The number of carbonyl (C=O) groups is 1. The van der Waals surface area contributed by atoms with E-state index < -0.39 is 0 Å². The zero-order valence-electron chi connectivity index (χ0n) is 11.4. The highest BCUT2D eigenvalue weighted by Crippen LogP contribution is 2.32. The average molecular weight is 256 g/mol. The van der Waals surface area contributed by atoms with Crippen molar-refractivity contribution in [2.45, 2.75) is 70.9 Å². The lowest BCUT2D eigenvalue weighted by atomic mass is 9.97. The molecule has 0 aromatic heterocycles. The van der Waals surface area contributed by atoms with E-state index in [1.807, 2.05) is 0 Å². The van der Waals surface area contributed by atoms with Crippen molar-refractivity contribution in [2.75, 3.05) is 6.61 Å². The van der Waals surface area contributed by atoms with Gasteiger partial charge < -0.3 is 14.2 Å². The summed E-state index contributed by atoms with van der Waals surface area (Å²) in [5.41, 5.74) is 0. The molecule has 0 saturated carbocycles. The third-order valence-corrected chi connectivity index (χ3v) is 3.88. The molecular weight excluding hydrogens is 232 g/mol. The van der Waals surface area contributed by atoms with Crippen molar-refractivity contribution >= 4 is 5.97 Å². The molecule has 104 valence electrons. The Morgan fingerprint density at radius 3 is 2.72 bits per heavy atom. The van der Waals surface area contributed by atoms with Crippen molar-refractivity contribution in [3.8, 4) is 0 Å². The van der Waals surface area contributed by atoms with E-state index >= 15 is 0 Å². The molecule has 0 amide bonds. The van der Waals surface area contributed by atoms with Gasteiger partial charge in [0.25, 0.3) is 0 Å². The number of hydrogen-bond acceptors (Lipinski definition) is 4. The molecule has 2 rings (SSSR count). The topological polar surface area (TPSA) is 44.8 Å².